The largest absolute Gasteiger partial charge is 0.508 e. The summed E-state index contributed by atoms with van der Waals surface area (Å²) in [7, 11) is -3.39. The minimum atomic E-state index is -3.39. The highest BCUT2D eigenvalue weighted by molar-refractivity contribution is 7.54. The standard InChI is InChI=1S/C13H21O5P/c1-4-16-13(11-7-9-12(14)10-8-11)19(15,17-5-2)18-6-3/h7-10,13-14H,4-6H2,1-3H3. The van der Waals surface area contributed by atoms with E-state index in [2.05, 4.69) is 0 Å². The number of hydrogen-bond donors (Lipinski definition) is 1. The van der Waals surface area contributed by atoms with Crippen LogP contribution >= 0.6 is 7.60 Å². The molecule has 0 fully saturated rings. The summed E-state index contributed by atoms with van der Waals surface area (Å²) < 4.78 is 28.9. The lowest BCUT2D eigenvalue weighted by atomic mass is 10.2. The van der Waals surface area contributed by atoms with Crippen molar-refractivity contribution in [2.45, 2.75) is 26.6 Å². The van der Waals surface area contributed by atoms with Gasteiger partial charge in [0, 0.05) is 6.61 Å². The first-order chi connectivity index (χ1) is 9.07. The summed E-state index contributed by atoms with van der Waals surface area (Å²) in [6.45, 7) is 6.26. The molecule has 1 rings (SSSR count). The lowest BCUT2D eigenvalue weighted by molar-refractivity contribution is 0.0782. The molecule has 1 aromatic rings. The Balaban J connectivity index is 3.09. The summed E-state index contributed by atoms with van der Waals surface area (Å²) in [4.78, 5) is 0. The third kappa shape index (κ3) is 4.32. The van der Waals surface area contributed by atoms with E-state index in [4.69, 9.17) is 13.8 Å². The number of hydrogen-bond acceptors (Lipinski definition) is 5. The topological polar surface area (TPSA) is 65.0 Å². The van der Waals surface area contributed by atoms with Crippen molar-refractivity contribution in [3.05, 3.63) is 29.8 Å². The lowest BCUT2D eigenvalue weighted by Crippen LogP contribution is -2.10. The number of phenolic OH excluding ortho intramolecular Hbond substituents is 1. The summed E-state index contributed by atoms with van der Waals surface area (Å²) in [6.07, 6.45) is 0. The van der Waals surface area contributed by atoms with Crippen molar-refractivity contribution < 1.29 is 23.5 Å². The maximum atomic E-state index is 12.8. The van der Waals surface area contributed by atoms with Crippen LogP contribution in [-0.2, 0) is 18.3 Å². The zero-order chi connectivity index (χ0) is 14.3. The Labute approximate surface area is 114 Å². The summed E-state index contributed by atoms with van der Waals surface area (Å²) >= 11 is 0. The van der Waals surface area contributed by atoms with Gasteiger partial charge in [-0.15, -0.1) is 0 Å². The molecule has 1 atom stereocenters. The van der Waals surface area contributed by atoms with E-state index in [1.54, 1.807) is 26.0 Å². The van der Waals surface area contributed by atoms with Crippen LogP contribution in [0.3, 0.4) is 0 Å². The summed E-state index contributed by atoms with van der Waals surface area (Å²) in [6, 6.07) is 6.34. The molecule has 0 aromatic heterocycles. The van der Waals surface area contributed by atoms with Crippen LogP contribution in [-0.4, -0.2) is 24.9 Å². The molecule has 0 aliphatic heterocycles. The van der Waals surface area contributed by atoms with Gasteiger partial charge in [0.2, 0.25) is 0 Å². The van der Waals surface area contributed by atoms with Gasteiger partial charge in [-0.1, -0.05) is 12.1 Å². The molecule has 0 radical (unpaired) electrons. The Morgan fingerprint density at radius 3 is 2.00 bits per heavy atom. The molecule has 1 unspecified atom stereocenters. The van der Waals surface area contributed by atoms with E-state index in [0.717, 1.165) is 0 Å². The van der Waals surface area contributed by atoms with Gasteiger partial charge in [0.25, 0.3) is 0 Å². The van der Waals surface area contributed by atoms with Crippen LogP contribution < -0.4 is 0 Å². The molecule has 0 heterocycles. The van der Waals surface area contributed by atoms with Crippen LogP contribution in [0.4, 0.5) is 0 Å². The fourth-order valence-electron chi connectivity index (χ4n) is 1.70. The van der Waals surface area contributed by atoms with E-state index in [9.17, 15) is 9.67 Å². The van der Waals surface area contributed by atoms with Crippen molar-refractivity contribution in [1.82, 2.24) is 0 Å². The van der Waals surface area contributed by atoms with E-state index in [1.807, 2.05) is 6.92 Å². The number of benzene rings is 1. The van der Waals surface area contributed by atoms with Gasteiger partial charge in [0.05, 0.1) is 13.2 Å². The lowest BCUT2D eigenvalue weighted by Gasteiger charge is -2.26. The van der Waals surface area contributed by atoms with Gasteiger partial charge in [0.1, 0.15) is 5.75 Å². The molecule has 108 valence electrons. The Morgan fingerprint density at radius 2 is 1.58 bits per heavy atom. The molecule has 1 aromatic carbocycles. The second kappa shape index (κ2) is 7.65. The van der Waals surface area contributed by atoms with Gasteiger partial charge in [-0.25, -0.2) is 0 Å². The Kier molecular flexibility index (Phi) is 6.52. The first-order valence-corrected chi connectivity index (χ1v) is 7.97. The highest BCUT2D eigenvalue weighted by Crippen LogP contribution is 2.61. The van der Waals surface area contributed by atoms with Crippen molar-refractivity contribution in [3.8, 4) is 5.75 Å². The third-order valence-corrected chi connectivity index (χ3v) is 4.67. The highest BCUT2D eigenvalue weighted by atomic mass is 31.2. The van der Waals surface area contributed by atoms with Gasteiger partial charge < -0.3 is 18.9 Å². The average molecular weight is 288 g/mol. The smallest absolute Gasteiger partial charge is 0.363 e. The molecule has 1 N–H and O–H groups in total. The van der Waals surface area contributed by atoms with Crippen LogP contribution in [0.25, 0.3) is 0 Å². The number of aromatic hydroxyl groups is 1. The predicted octanol–water partition coefficient (Wildman–Crippen LogP) is 3.69. The van der Waals surface area contributed by atoms with Gasteiger partial charge in [0.15, 0.2) is 5.85 Å². The van der Waals surface area contributed by atoms with Gasteiger partial charge in [-0.05, 0) is 38.5 Å². The molecule has 5 nitrogen and oxygen atoms in total. The minimum absolute atomic E-state index is 0.140. The van der Waals surface area contributed by atoms with Crippen molar-refractivity contribution in [2.24, 2.45) is 0 Å². The molecule has 0 spiro atoms. The zero-order valence-electron chi connectivity index (χ0n) is 11.5. The van der Waals surface area contributed by atoms with Crippen molar-refractivity contribution in [3.63, 3.8) is 0 Å². The van der Waals surface area contributed by atoms with E-state index < -0.39 is 13.4 Å². The molecule has 19 heavy (non-hydrogen) atoms. The van der Waals surface area contributed by atoms with E-state index in [-0.39, 0.29) is 19.0 Å². The molecule has 0 saturated carbocycles. The molecule has 0 amide bonds. The van der Waals surface area contributed by atoms with Crippen LogP contribution in [0.5, 0.6) is 5.75 Å². The SMILES string of the molecule is CCOC(c1ccc(O)cc1)P(=O)(OCC)OCC. The quantitative estimate of drug-likeness (QED) is 0.739. The van der Waals surface area contributed by atoms with E-state index in [0.29, 0.717) is 12.2 Å². The van der Waals surface area contributed by atoms with Crippen LogP contribution in [0, 0.1) is 0 Å². The van der Waals surface area contributed by atoms with Gasteiger partial charge in [-0.3, -0.25) is 4.57 Å². The van der Waals surface area contributed by atoms with Gasteiger partial charge in [-0.2, -0.15) is 0 Å². The fourth-order valence-corrected chi connectivity index (χ4v) is 3.63. The molecule has 0 aliphatic rings. The summed E-state index contributed by atoms with van der Waals surface area (Å²) in [5.41, 5.74) is 0.657. The van der Waals surface area contributed by atoms with Crippen molar-refractivity contribution in [2.75, 3.05) is 19.8 Å². The van der Waals surface area contributed by atoms with Crippen molar-refractivity contribution in [1.29, 1.82) is 0 Å². The normalized spacial score (nSPS) is 13.4. The summed E-state index contributed by atoms with van der Waals surface area (Å²) in [5.74, 6) is -0.639. The number of ether oxygens (including phenoxy) is 1. The second-order valence-corrected chi connectivity index (χ2v) is 5.84. The third-order valence-electron chi connectivity index (χ3n) is 2.41. The molecule has 6 heteroatoms. The Morgan fingerprint density at radius 1 is 1.05 bits per heavy atom. The number of rotatable bonds is 8. The van der Waals surface area contributed by atoms with E-state index in [1.165, 1.54) is 12.1 Å². The maximum Gasteiger partial charge on any atom is 0.363 e. The zero-order valence-corrected chi connectivity index (χ0v) is 12.4. The molecular formula is C13H21O5P. The monoisotopic (exact) mass is 288 g/mol. The van der Waals surface area contributed by atoms with E-state index >= 15 is 0 Å². The van der Waals surface area contributed by atoms with Crippen LogP contribution in [0.1, 0.15) is 32.2 Å². The molecule has 0 saturated heterocycles. The van der Waals surface area contributed by atoms with Gasteiger partial charge >= 0.3 is 7.60 Å². The predicted molar refractivity (Wildman–Crippen MR) is 73.3 cm³/mol. The first kappa shape index (κ1) is 16.2. The maximum absolute atomic E-state index is 12.8. The molecule has 0 bridgehead atoms. The summed E-state index contributed by atoms with van der Waals surface area (Å²) in [5, 5.41) is 9.31. The second-order valence-electron chi connectivity index (χ2n) is 3.77. The average Bonchev–Trinajstić information content (AvgIpc) is 2.38. The van der Waals surface area contributed by atoms with Crippen molar-refractivity contribution >= 4 is 7.60 Å². The first-order valence-electron chi connectivity index (χ1n) is 6.36. The van der Waals surface area contributed by atoms with Crippen LogP contribution in [0.2, 0.25) is 0 Å². The highest BCUT2D eigenvalue weighted by Gasteiger charge is 2.37. The Hall–Kier alpha value is -0.870. The van der Waals surface area contributed by atoms with Crippen LogP contribution in [0.15, 0.2) is 24.3 Å². The molecule has 0 aliphatic carbocycles. The molecular weight excluding hydrogens is 267 g/mol. The Bertz CT molecular complexity index is 408. The number of phenols is 1. The minimum Gasteiger partial charge on any atom is -0.508 e. The fraction of sp³-hybridized carbons (Fsp3) is 0.538.